The van der Waals surface area contributed by atoms with Gasteiger partial charge in [0.25, 0.3) is 0 Å². The van der Waals surface area contributed by atoms with Gasteiger partial charge in [-0.2, -0.15) is 13.2 Å². The van der Waals surface area contributed by atoms with Crippen molar-refractivity contribution in [2.45, 2.75) is 58.5 Å². The lowest BCUT2D eigenvalue weighted by atomic mass is 9.80. The summed E-state index contributed by atoms with van der Waals surface area (Å²) >= 11 is 5.25. The second-order valence-electron chi connectivity index (χ2n) is 7.17. The minimum Gasteiger partial charge on any atom is -0.232 e. The lowest BCUT2D eigenvalue weighted by Gasteiger charge is -2.25. The van der Waals surface area contributed by atoms with E-state index in [9.17, 15) is 13.2 Å². The predicted molar refractivity (Wildman–Crippen MR) is 82.8 cm³/mol. The smallest absolute Gasteiger partial charge is 0.232 e. The monoisotopic (exact) mass is 319 g/mol. The number of benzene rings is 1. The van der Waals surface area contributed by atoms with Gasteiger partial charge in [0.2, 0.25) is 5.17 Å². The Balaban J connectivity index is 3.47. The standard InChI is InChI=1S/C16H21ClF3N/c1-14(2,3)10-7-11(15(4,5)6)9-12(8-10)21-13(17)16(18,19)20/h7-9H,1-6H3. The zero-order chi connectivity index (χ0) is 16.6. The molecule has 0 heterocycles. The quantitative estimate of drug-likeness (QED) is 0.553. The molecule has 0 spiro atoms. The fourth-order valence-corrected chi connectivity index (χ4v) is 1.82. The second kappa shape index (κ2) is 5.64. The second-order valence-corrected chi connectivity index (χ2v) is 7.53. The molecule has 0 aliphatic carbocycles. The summed E-state index contributed by atoms with van der Waals surface area (Å²) in [6, 6.07) is 5.33. The molecule has 1 aromatic carbocycles. The maximum absolute atomic E-state index is 12.5. The molecule has 21 heavy (non-hydrogen) atoms. The van der Waals surface area contributed by atoms with Crippen LogP contribution >= 0.6 is 11.6 Å². The highest BCUT2D eigenvalue weighted by atomic mass is 35.5. The molecule has 0 fully saturated rings. The topological polar surface area (TPSA) is 12.4 Å². The third kappa shape index (κ3) is 5.03. The highest BCUT2D eigenvalue weighted by molar-refractivity contribution is 6.67. The van der Waals surface area contributed by atoms with Crippen LogP contribution in [0.2, 0.25) is 0 Å². The van der Waals surface area contributed by atoms with E-state index in [0.29, 0.717) is 0 Å². The highest BCUT2D eigenvalue weighted by Crippen LogP contribution is 2.34. The van der Waals surface area contributed by atoms with E-state index in [1.165, 1.54) is 0 Å². The maximum Gasteiger partial charge on any atom is 0.444 e. The lowest BCUT2D eigenvalue weighted by Crippen LogP contribution is -2.18. The van der Waals surface area contributed by atoms with Crippen LogP contribution in [0.25, 0.3) is 0 Å². The number of hydrogen-bond acceptors (Lipinski definition) is 1. The van der Waals surface area contributed by atoms with E-state index in [1.54, 1.807) is 12.1 Å². The normalized spacial score (nSPS) is 14.5. The molecule has 0 saturated heterocycles. The Morgan fingerprint density at radius 3 is 1.52 bits per heavy atom. The van der Waals surface area contributed by atoms with E-state index in [-0.39, 0.29) is 16.5 Å². The van der Waals surface area contributed by atoms with Gasteiger partial charge in [-0.1, -0.05) is 59.2 Å². The van der Waals surface area contributed by atoms with Gasteiger partial charge in [0, 0.05) is 0 Å². The number of alkyl halides is 3. The van der Waals surface area contributed by atoms with Crippen LogP contribution in [0.15, 0.2) is 23.2 Å². The van der Waals surface area contributed by atoms with E-state index < -0.39 is 11.3 Å². The summed E-state index contributed by atoms with van der Waals surface area (Å²) in [5.41, 5.74) is 1.72. The van der Waals surface area contributed by atoms with Crippen molar-refractivity contribution in [2.24, 2.45) is 4.99 Å². The fourth-order valence-electron chi connectivity index (χ4n) is 1.72. The molecule has 0 amide bonds. The zero-order valence-corrected chi connectivity index (χ0v) is 13.9. The molecule has 118 valence electrons. The SMILES string of the molecule is CC(C)(C)c1cc(N=C(Cl)C(F)(F)F)cc(C(C)(C)C)c1. The molecule has 5 heteroatoms. The number of aliphatic imine (C=N–C) groups is 1. The summed E-state index contributed by atoms with van der Waals surface area (Å²) in [5.74, 6) is 0. The Labute approximate surface area is 129 Å². The summed E-state index contributed by atoms with van der Waals surface area (Å²) in [7, 11) is 0. The number of hydrogen-bond donors (Lipinski definition) is 0. The van der Waals surface area contributed by atoms with E-state index in [0.717, 1.165) is 11.1 Å². The lowest BCUT2D eigenvalue weighted by molar-refractivity contribution is -0.0558. The van der Waals surface area contributed by atoms with E-state index in [4.69, 9.17) is 11.6 Å². The molecule has 0 unspecified atom stereocenters. The van der Waals surface area contributed by atoms with E-state index in [2.05, 4.69) is 4.99 Å². The van der Waals surface area contributed by atoms with Gasteiger partial charge in [0.15, 0.2) is 0 Å². The molecule has 0 aliphatic rings. The summed E-state index contributed by atoms with van der Waals surface area (Å²) in [4.78, 5) is 3.54. The Kier molecular flexibility index (Phi) is 4.84. The summed E-state index contributed by atoms with van der Waals surface area (Å²) in [5, 5.41) is -1.35. The Morgan fingerprint density at radius 2 is 1.24 bits per heavy atom. The average Bonchev–Trinajstić information content (AvgIpc) is 2.24. The van der Waals surface area contributed by atoms with E-state index in [1.807, 2.05) is 47.6 Å². The van der Waals surface area contributed by atoms with Crippen molar-refractivity contribution in [1.29, 1.82) is 0 Å². The molecule has 1 aromatic rings. The third-order valence-electron chi connectivity index (χ3n) is 3.11. The van der Waals surface area contributed by atoms with Crippen molar-refractivity contribution in [3.63, 3.8) is 0 Å². The van der Waals surface area contributed by atoms with E-state index >= 15 is 0 Å². The van der Waals surface area contributed by atoms with Crippen molar-refractivity contribution in [3.05, 3.63) is 29.3 Å². The van der Waals surface area contributed by atoms with Crippen molar-refractivity contribution >= 4 is 22.5 Å². The van der Waals surface area contributed by atoms with Crippen LogP contribution < -0.4 is 0 Å². The fraction of sp³-hybridized carbons (Fsp3) is 0.562. The number of rotatable bonds is 1. The molecule has 1 nitrogen and oxygen atoms in total. The summed E-state index contributed by atoms with van der Waals surface area (Å²) < 4.78 is 37.6. The molecule has 0 N–H and O–H groups in total. The third-order valence-corrected chi connectivity index (χ3v) is 3.41. The minimum absolute atomic E-state index is 0.184. The van der Waals surface area contributed by atoms with Gasteiger partial charge in [-0.25, -0.2) is 4.99 Å². The summed E-state index contributed by atoms with van der Waals surface area (Å²) in [6.07, 6.45) is -4.62. The first-order valence-corrected chi connectivity index (χ1v) is 7.06. The van der Waals surface area contributed by atoms with Gasteiger partial charge in [-0.15, -0.1) is 0 Å². The van der Waals surface area contributed by atoms with Crippen LogP contribution in [0.3, 0.4) is 0 Å². The molecular weight excluding hydrogens is 299 g/mol. The molecule has 0 aromatic heterocycles. The number of nitrogens with zero attached hydrogens (tertiary/aromatic N) is 1. The van der Waals surface area contributed by atoms with Crippen molar-refractivity contribution < 1.29 is 13.2 Å². The van der Waals surface area contributed by atoms with Gasteiger partial charge < -0.3 is 0 Å². The zero-order valence-electron chi connectivity index (χ0n) is 13.2. The van der Waals surface area contributed by atoms with Crippen molar-refractivity contribution in [1.82, 2.24) is 0 Å². The van der Waals surface area contributed by atoms with Crippen LogP contribution in [0.4, 0.5) is 18.9 Å². The molecule has 0 atom stereocenters. The molecule has 0 aliphatic heterocycles. The van der Waals surface area contributed by atoms with Crippen LogP contribution in [0, 0.1) is 0 Å². The first kappa shape index (κ1) is 18.0. The van der Waals surface area contributed by atoms with Crippen LogP contribution in [0.5, 0.6) is 0 Å². The Hall–Kier alpha value is -1.03. The Bertz CT molecular complexity index is 514. The summed E-state index contributed by atoms with van der Waals surface area (Å²) in [6.45, 7) is 12.0. The Morgan fingerprint density at radius 1 is 0.857 bits per heavy atom. The van der Waals surface area contributed by atoms with Gasteiger partial charge in [-0.05, 0) is 34.1 Å². The van der Waals surface area contributed by atoms with Crippen molar-refractivity contribution in [3.8, 4) is 0 Å². The van der Waals surface area contributed by atoms with Crippen molar-refractivity contribution in [2.75, 3.05) is 0 Å². The van der Waals surface area contributed by atoms with Crippen LogP contribution in [0.1, 0.15) is 52.7 Å². The molecule has 0 saturated carbocycles. The van der Waals surface area contributed by atoms with Crippen LogP contribution in [-0.4, -0.2) is 11.3 Å². The van der Waals surface area contributed by atoms with Gasteiger partial charge in [0.05, 0.1) is 5.69 Å². The first-order valence-electron chi connectivity index (χ1n) is 6.69. The molecule has 0 radical (unpaired) electrons. The van der Waals surface area contributed by atoms with Crippen LogP contribution in [-0.2, 0) is 10.8 Å². The maximum atomic E-state index is 12.5. The van der Waals surface area contributed by atoms with Gasteiger partial charge >= 0.3 is 6.18 Å². The first-order chi connectivity index (χ1) is 9.21. The molecular formula is C16H21ClF3N. The highest BCUT2D eigenvalue weighted by Gasteiger charge is 2.34. The number of halogens is 4. The minimum atomic E-state index is -4.62. The predicted octanol–water partition coefficient (Wildman–Crippen LogP) is 6.11. The average molecular weight is 320 g/mol. The molecule has 1 rings (SSSR count). The largest absolute Gasteiger partial charge is 0.444 e. The molecule has 0 bridgehead atoms. The van der Waals surface area contributed by atoms with Gasteiger partial charge in [-0.3, -0.25) is 0 Å². The van der Waals surface area contributed by atoms with Gasteiger partial charge in [0.1, 0.15) is 0 Å².